The topological polar surface area (TPSA) is 55.8 Å². The molecule has 0 rings (SSSR count). The average Bonchev–Trinajstić information content (AvgIpc) is 3.14. The second-order valence-corrected chi connectivity index (χ2v) is 12.9. The molecule has 0 aliphatic carbocycles. The van der Waals surface area contributed by atoms with Crippen molar-refractivity contribution in [1.29, 1.82) is 0 Å². The third-order valence-electron chi connectivity index (χ3n) is 8.09. The summed E-state index contributed by atoms with van der Waals surface area (Å²) in [6.45, 7) is 5.03. The van der Waals surface area contributed by atoms with Crippen LogP contribution in [0.1, 0.15) is 155 Å². The molecule has 0 bridgehead atoms. The van der Waals surface area contributed by atoms with Crippen molar-refractivity contribution in [1.82, 2.24) is 0 Å². The van der Waals surface area contributed by atoms with Gasteiger partial charge in [0.15, 0.2) is 0 Å². The molecule has 1 unspecified atom stereocenters. The van der Waals surface area contributed by atoms with E-state index in [0.29, 0.717) is 13.0 Å². The van der Waals surface area contributed by atoms with Crippen LogP contribution in [0.3, 0.4) is 0 Å². The number of esters is 1. The maximum atomic E-state index is 12.2. The number of aliphatic hydroxyl groups excluding tert-OH is 1. The minimum Gasteiger partial charge on any atom is -0.457 e. The third kappa shape index (κ3) is 41.4. The highest BCUT2D eigenvalue weighted by atomic mass is 16.6. The summed E-state index contributed by atoms with van der Waals surface area (Å²) in [7, 11) is 0. The molecule has 4 nitrogen and oxygen atoms in total. The molecule has 1 N–H and O–H groups in total. The van der Waals surface area contributed by atoms with Crippen LogP contribution in [0.2, 0.25) is 0 Å². The summed E-state index contributed by atoms with van der Waals surface area (Å²) in [6, 6.07) is 0. The lowest BCUT2D eigenvalue weighted by Gasteiger charge is -2.15. The van der Waals surface area contributed by atoms with E-state index in [4.69, 9.17) is 9.47 Å². The Bertz CT molecular complexity index is 1010. The third-order valence-corrected chi connectivity index (χ3v) is 8.09. The Hall–Kier alpha value is -2.95. The largest absolute Gasteiger partial charge is 0.457 e. The normalized spacial score (nSPS) is 13.5. The Morgan fingerprint density at radius 1 is 0.471 bits per heavy atom. The number of hydrogen-bond donors (Lipinski definition) is 1. The zero-order chi connectivity index (χ0) is 37.0. The lowest BCUT2D eigenvalue weighted by molar-refractivity contribution is -0.154. The van der Waals surface area contributed by atoms with Gasteiger partial charge in [0.25, 0.3) is 0 Å². The van der Waals surface area contributed by atoms with Crippen molar-refractivity contribution in [2.75, 3.05) is 19.8 Å². The van der Waals surface area contributed by atoms with Gasteiger partial charge in [-0.15, -0.1) is 0 Å². The summed E-state index contributed by atoms with van der Waals surface area (Å²) >= 11 is 0. The van der Waals surface area contributed by atoms with Crippen molar-refractivity contribution >= 4 is 5.97 Å². The van der Waals surface area contributed by atoms with Crippen LogP contribution in [-0.2, 0) is 14.3 Å². The first-order valence-electron chi connectivity index (χ1n) is 20.5. The lowest BCUT2D eigenvalue weighted by Crippen LogP contribution is -2.27. The first-order chi connectivity index (χ1) is 25.2. The van der Waals surface area contributed by atoms with Crippen LogP contribution in [0.25, 0.3) is 0 Å². The van der Waals surface area contributed by atoms with Gasteiger partial charge in [-0.1, -0.05) is 162 Å². The zero-order valence-electron chi connectivity index (χ0n) is 32.8. The highest BCUT2D eigenvalue weighted by molar-refractivity contribution is 5.69. The molecule has 0 saturated heterocycles. The molecule has 0 heterocycles. The van der Waals surface area contributed by atoms with E-state index in [1.807, 2.05) is 0 Å². The van der Waals surface area contributed by atoms with Gasteiger partial charge in [0, 0.05) is 13.0 Å². The van der Waals surface area contributed by atoms with Crippen LogP contribution in [0, 0.1) is 0 Å². The number of carbonyl (C=O) groups is 1. The van der Waals surface area contributed by atoms with Crippen LogP contribution in [0.5, 0.6) is 0 Å². The SMILES string of the molecule is CC/C=C\C/C=C\C/C=C\C/C=C\C/C=C\CCCCCCCC(=O)OC(CO)COCCCCCCC/C=C\C/C=C\C/C=C\C/C=C\CC. The van der Waals surface area contributed by atoms with E-state index in [1.54, 1.807) is 0 Å². The smallest absolute Gasteiger partial charge is 0.306 e. The van der Waals surface area contributed by atoms with Crippen molar-refractivity contribution < 1.29 is 19.4 Å². The molecule has 0 saturated carbocycles. The van der Waals surface area contributed by atoms with Gasteiger partial charge in [0.2, 0.25) is 0 Å². The molecule has 0 aromatic carbocycles. The number of carbonyl (C=O) groups excluding carboxylic acids is 1. The van der Waals surface area contributed by atoms with Crippen LogP contribution in [0.4, 0.5) is 0 Å². The Morgan fingerprint density at radius 2 is 0.824 bits per heavy atom. The van der Waals surface area contributed by atoms with Crippen molar-refractivity contribution in [3.8, 4) is 0 Å². The molecule has 0 aliphatic heterocycles. The van der Waals surface area contributed by atoms with Crippen molar-refractivity contribution in [3.63, 3.8) is 0 Å². The monoisotopic (exact) mass is 705 g/mol. The van der Waals surface area contributed by atoms with E-state index in [9.17, 15) is 9.90 Å². The standard InChI is InChI=1S/C47H76O4/c1-3-5-7-9-11-13-15-17-19-21-23-24-25-26-28-30-32-34-36-38-40-42-47(49)51-46(44-48)45-50-43-41-39-37-35-33-31-29-27-22-20-18-16-14-12-10-8-6-4-2/h5-8,11-14,17-20,23-24,26-29,46,48H,3-4,9-10,15-16,21-22,25,30-45H2,1-2H3/b7-5-,8-6-,13-11-,14-12-,19-17-,20-18-,24-23-,28-26-,29-27-. The quantitative estimate of drug-likeness (QED) is 0.0401. The van der Waals surface area contributed by atoms with Crippen LogP contribution >= 0.6 is 0 Å². The van der Waals surface area contributed by atoms with Crippen LogP contribution in [-0.4, -0.2) is 37.0 Å². The molecule has 0 amide bonds. The van der Waals surface area contributed by atoms with Crippen molar-refractivity contribution in [2.45, 2.75) is 161 Å². The fraction of sp³-hybridized carbons (Fsp3) is 0.596. The van der Waals surface area contributed by atoms with Gasteiger partial charge >= 0.3 is 5.97 Å². The summed E-state index contributed by atoms with van der Waals surface area (Å²) < 4.78 is 11.1. The highest BCUT2D eigenvalue weighted by Gasteiger charge is 2.13. The first-order valence-corrected chi connectivity index (χ1v) is 20.5. The van der Waals surface area contributed by atoms with Crippen LogP contribution in [0.15, 0.2) is 109 Å². The zero-order valence-corrected chi connectivity index (χ0v) is 32.8. The summed E-state index contributed by atoms with van der Waals surface area (Å²) in [6.07, 6.45) is 62.8. The Balaban J connectivity index is 3.58. The number of hydrogen-bond acceptors (Lipinski definition) is 4. The molecule has 4 heteroatoms. The molecule has 0 aromatic heterocycles. The number of allylic oxidation sites excluding steroid dienone is 18. The molecule has 1 atom stereocenters. The van der Waals surface area contributed by atoms with Gasteiger partial charge in [-0.2, -0.15) is 0 Å². The molecule has 0 spiro atoms. The van der Waals surface area contributed by atoms with Gasteiger partial charge in [-0.05, 0) is 96.3 Å². The first kappa shape index (κ1) is 48.1. The van der Waals surface area contributed by atoms with E-state index in [1.165, 1.54) is 32.1 Å². The molecular weight excluding hydrogens is 629 g/mol. The number of rotatable bonds is 36. The lowest BCUT2D eigenvalue weighted by atomic mass is 10.1. The van der Waals surface area contributed by atoms with Crippen molar-refractivity contribution in [3.05, 3.63) is 109 Å². The molecule has 288 valence electrons. The molecule has 0 aliphatic rings. The predicted molar refractivity (Wildman–Crippen MR) is 223 cm³/mol. The molecule has 0 aromatic rings. The van der Waals surface area contributed by atoms with E-state index in [0.717, 1.165) is 103 Å². The van der Waals surface area contributed by atoms with E-state index >= 15 is 0 Å². The van der Waals surface area contributed by atoms with E-state index in [-0.39, 0.29) is 19.2 Å². The highest BCUT2D eigenvalue weighted by Crippen LogP contribution is 2.10. The van der Waals surface area contributed by atoms with E-state index in [2.05, 4.69) is 123 Å². The number of aliphatic hydroxyl groups is 1. The van der Waals surface area contributed by atoms with E-state index < -0.39 is 6.10 Å². The summed E-state index contributed by atoms with van der Waals surface area (Å²) in [5.74, 6) is -0.232. The maximum Gasteiger partial charge on any atom is 0.306 e. The predicted octanol–water partition coefficient (Wildman–Crippen LogP) is 13.5. The second-order valence-electron chi connectivity index (χ2n) is 12.9. The molecular formula is C47H76O4. The van der Waals surface area contributed by atoms with Gasteiger partial charge < -0.3 is 14.6 Å². The summed E-state index contributed by atoms with van der Waals surface area (Å²) in [5.41, 5.74) is 0. The van der Waals surface area contributed by atoms with Crippen LogP contribution < -0.4 is 0 Å². The average molecular weight is 705 g/mol. The fourth-order valence-corrected chi connectivity index (χ4v) is 5.11. The Morgan fingerprint density at radius 3 is 1.24 bits per heavy atom. The molecule has 0 fully saturated rings. The minimum atomic E-state index is -0.563. The minimum absolute atomic E-state index is 0.196. The Labute approximate surface area is 315 Å². The van der Waals surface area contributed by atoms with Gasteiger partial charge in [0.05, 0.1) is 13.2 Å². The van der Waals surface area contributed by atoms with Gasteiger partial charge in [0.1, 0.15) is 6.10 Å². The second kappa shape index (κ2) is 43.2. The summed E-state index contributed by atoms with van der Waals surface area (Å²) in [5, 5.41) is 9.59. The van der Waals surface area contributed by atoms with Gasteiger partial charge in [-0.25, -0.2) is 0 Å². The van der Waals surface area contributed by atoms with Crippen molar-refractivity contribution in [2.24, 2.45) is 0 Å². The Kier molecular flexibility index (Phi) is 40.7. The number of unbranched alkanes of at least 4 members (excludes halogenated alkanes) is 10. The molecule has 51 heavy (non-hydrogen) atoms. The van der Waals surface area contributed by atoms with Gasteiger partial charge in [-0.3, -0.25) is 4.79 Å². The maximum absolute atomic E-state index is 12.2. The fourth-order valence-electron chi connectivity index (χ4n) is 5.11. The number of ether oxygens (including phenoxy) is 2. The summed E-state index contributed by atoms with van der Waals surface area (Å²) in [4.78, 5) is 12.2. The molecule has 0 radical (unpaired) electrons.